The summed E-state index contributed by atoms with van der Waals surface area (Å²) in [5.41, 5.74) is 1.78. The van der Waals surface area contributed by atoms with Gasteiger partial charge < -0.3 is 0 Å². The molecule has 0 radical (unpaired) electrons. The summed E-state index contributed by atoms with van der Waals surface area (Å²) in [4.78, 5) is 0. The van der Waals surface area contributed by atoms with Crippen LogP contribution in [-0.4, -0.2) is 20.9 Å². The molecule has 0 heterocycles. The SMILES string of the molecule is CS(=O)ONOS(C)=O. The Kier molecular flexibility index (Phi) is 5.10. The summed E-state index contributed by atoms with van der Waals surface area (Å²) in [7, 11) is 0. The summed E-state index contributed by atoms with van der Waals surface area (Å²) in [6, 6.07) is 0. The lowest BCUT2D eigenvalue weighted by molar-refractivity contribution is 0.00595. The number of rotatable bonds is 4. The fraction of sp³-hybridized carbons (Fsp3) is 1.00. The van der Waals surface area contributed by atoms with E-state index in [1.54, 1.807) is 5.64 Å². The van der Waals surface area contributed by atoms with Gasteiger partial charge in [-0.2, -0.15) is 8.57 Å². The number of nitrogens with one attached hydrogen (secondary N) is 1. The Bertz CT molecular complexity index is 112. The molecule has 5 nitrogen and oxygen atoms in total. The van der Waals surface area contributed by atoms with Gasteiger partial charge in [0, 0.05) is 12.5 Å². The van der Waals surface area contributed by atoms with E-state index in [-0.39, 0.29) is 0 Å². The third kappa shape index (κ3) is 8.18. The lowest BCUT2D eigenvalue weighted by Gasteiger charge is -1.96. The van der Waals surface area contributed by atoms with Crippen molar-refractivity contribution < 1.29 is 17.0 Å². The topological polar surface area (TPSA) is 64.6 Å². The van der Waals surface area contributed by atoms with Crippen LogP contribution in [0.15, 0.2) is 0 Å². The van der Waals surface area contributed by atoms with E-state index in [1.165, 1.54) is 12.5 Å². The van der Waals surface area contributed by atoms with Crippen LogP contribution in [0.5, 0.6) is 0 Å². The summed E-state index contributed by atoms with van der Waals surface area (Å²) in [5, 5.41) is 0. The van der Waals surface area contributed by atoms with Crippen molar-refractivity contribution in [2.24, 2.45) is 0 Å². The van der Waals surface area contributed by atoms with Gasteiger partial charge in [0.25, 0.3) is 0 Å². The first kappa shape index (κ1) is 9.18. The second kappa shape index (κ2) is 5.00. The molecular weight excluding hydrogens is 166 g/mol. The predicted molar refractivity (Wildman–Crippen MR) is 33.4 cm³/mol. The van der Waals surface area contributed by atoms with Gasteiger partial charge in [-0.05, 0) is 5.64 Å². The molecule has 9 heavy (non-hydrogen) atoms. The highest BCUT2D eigenvalue weighted by molar-refractivity contribution is 7.79. The van der Waals surface area contributed by atoms with Crippen LogP contribution in [0.2, 0.25) is 0 Å². The van der Waals surface area contributed by atoms with Crippen LogP contribution in [0, 0.1) is 0 Å². The van der Waals surface area contributed by atoms with Crippen LogP contribution >= 0.6 is 0 Å². The smallest absolute Gasteiger partial charge is 0.172 e. The summed E-state index contributed by atoms with van der Waals surface area (Å²) in [6.45, 7) is 0. The van der Waals surface area contributed by atoms with E-state index in [4.69, 9.17) is 0 Å². The lowest BCUT2D eigenvalue weighted by Crippen LogP contribution is -2.16. The normalized spacial score (nSPS) is 17.1. The molecule has 0 amide bonds. The molecular formula is C2H7NO4S2. The average molecular weight is 173 g/mol. The molecule has 0 rings (SSSR count). The molecule has 0 spiro atoms. The highest BCUT2D eigenvalue weighted by atomic mass is 32.2. The summed E-state index contributed by atoms with van der Waals surface area (Å²) >= 11 is -2.91. The minimum Gasteiger partial charge on any atom is -0.228 e. The molecule has 7 heteroatoms. The first-order chi connectivity index (χ1) is 4.13. The fourth-order valence-corrected chi connectivity index (χ4v) is 0.412. The van der Waals surface area contributed by atoms with E-state index < -0.39 is 22.2 Å². The van der Waals surface area contributed by atoms with E-state index >= 15 is 0 Å². The summed E-state index contributed by atoms with van der Waals surface area (Å²) < 4.78 is 28.5. The van der Waals surface area contributed by atoms with Gasteiger partial charge in [0.15, 0.2) is 22.2 Å². The molecule has 2 unspecified atom stereocenters. The first-order valence-electron chi connectivity index (χ1n) is 1.89. The van der Waals surface area contributed by atoms with Gasteiger partial charge in [0.05, 0.1) is 0 Å². The largest absolute Gasteiger partial charge is 0.228 e. The third-order valence-corrected chi connectivity index (χ3v) is 0.908. The van der Waals surface area contributed by atoms with Gasteiger partial charge >= 0.3 is 0 Å². The van der Waals surface area contributed by atoms with Gasteiger partial charge in [-0.1, -0.05) is 0 Å². The van der Waals surface area contributed by atoms with E-state index in [0.717, 1.165) is 0 Å². The van der Waals surface area contributed by atoms with Gasteiger partial charge in [-0.15, -0.1) is 0 Å². The molecule has 0 aliphatic heterocycles. The molecule has 0 aromatic heterocycles. The Morgan fingerprint density at radius 2 is 1.44 bits per heavy atom. The minimum atomic E-state index is -1.45. The Balaban J connectivity index is 3.10. The Hall–Kier alpha value is 0.180. The third-order valence-electron chi connectivity index (χ3n) is 0.303. The molecule has 0 aliphatic rings. The van der Waals surface area contributed by atoms with Crippen LogP contribution < -0.4 is 5.64 Å². The van der Waals surface area contributed by atoms with Crippen LogP contribution in [0.4, 0.5) is 0 Å². The van der Waals surface area contributed by atoms with Gasteiger partial charge in [-0.3, -0.25) is 0 Å². The molecule has 0 aliphatic carbocycles. The van der Waals surface area contributed by atoms with Gasteiger partial charge in [0.1, 0.15) is 0 Å². The summed E-state index contributed by atoms with van der Waals surface area (Å²) in [6.07, 6.45) is 2.60. The molecule has 0 saturated carbocycles. The van der Waals surface area contributed by atoms with E-state index in [0.29, 0.717) is 0 Å². The van der Waals surface area contributed by atoms with Crippen LogP contribution in [0.3, 0.4) is 0 Å². The monoisotopic (exact) mass is 173 g/mol. The molecule has 0 bridgehead atoms. The van der Waals surface area contributed by atoms with Crippen molar-refractivity contribution in [3.05, 3.63) is 0 Å². The highest BCUT2D eigenvalue weighted by Crippen LogP contribution is 1.75. The lowest BCUT2D eigenvalue weighted by atomic mass is 12.0. The molecule has 1 N–H and O–H groups in total. The Morgan fingerprint density at radius 1 is 1.11 bits per heavy atom. The Labute approximate surface area is 58.0 Å². The quantitative estimate of drug-likeness (QED) is 0.554. The van der Waals surface area contributed by atoms with Crippen molar-refractivity contribution in [1.29, 1.82) is 0 Å². The zero-order valence-electron chi connectivity index (χ0n) is 4.95. The van der Waals surface area contributed by atoms with Crippen molar-refractivity contribution in [2.75, 3.05) is 12.5 Å². The average Bonchev–Trinajstić information content (AvgIpc) is 1.63. The molecule has 0 aromatic rings. The van der Waals surface area contributed by atoms with E-state index in [9.17, 15) is 8.42 Å². The first-order valence-corrected chi connectivity index (χ1v) is 4.86. The van der Waals surface area contributed by atoms with E-state index in [2.05, 4.69) is 8.57 Å². The van der Waals surface area contributed by atoms with Gasteiger partial charge in [0.2, 0.25) is 0 Å². The molecule has 2 atom stereocenters. The zero-order valence-corrected chi connectivity index (χ0v) is 6.58. The molecule has 0 fully saturated rings. The maximum atomic E-state index is 10.1. The minimum absolute atomic E-state index is 1.30. The fourth-order valence-electron chi connectivity index (χ4n) is 0.110. The highest BCUT2D eigenvalue weighted by Gasteiger charge is 1.90. The van der Waals surface area contributed by atoms with Crippen molar-refractivity contribution in [2.45, 2.75) is 0 Å². The number of hydrogen-bond acceptors (Lipinski definition) is 5. The summed E-state index contributed by atoms with van der Waals surface area (Å²) in [5.74, 6) is 0. The van der Waals surface area contributed by atoms with Crippen LogP contribution in [-0.2, 0) is 30.7 Å². The maximum absolute atomic E-state index is 10.1. The van der Waals surface area contributed by atoms with Gasteiger partial charge in [-0.25, -0.2) is 8.42 Å². The maximum Gasteiger partial charge on any atom is 0.172 e. The molecule has 0 saturated heterocycles. The van der Waals surface area contributed by atoms with Crippen LogP contribution in [0.25, 0.3) is 0 Å². The molecule has 56 valence electrons. The Morgan fingerprint density at radius 3 is 1.67 bits per heavy atom. The van der Waals surface area contributed by atoms with E-state index in [1.807, 2.05) is 0 Å². The van der Waals surface area contributed by atoms with Crippen molar-refractivity contribution in [3.63, 3.8) is 0 Å². The van der Waals surface area contributed by atoms with Crippen molar-refractivity contribution >= 4 is 22.2 Å². The second-order valence-electron chi connectivity index (χ2n) is 1.05. The standard InChI is InChI=1S/C2H7NO4S2/c1-8(4)6-3-7-9(2)5/h3H,1-2H3. The molecule has 0 aromatic carbocycles. The second-order valence-corrected chi connectivity index (χ2v) is 2.99. The van der Waals surface area contributed by atoms with Crippen molar-refractivity contribution in [3.8, 4) is 0 Å². The number of hydrogen-bond donors (Lipinski definition) is 1. The van der Waals surface area contributed by atoms with Crippen molar-refractivity contribution in [1.82, 2.24) is 5.64 Å². The zero-order chi connectivity index (χ0) is 7.28. The predicted octanol–water partition coefficient (Wildman–Crippen LogP) is -0.974. The van der Waals surface area contributed by atoms with Crippen LogP contribution in [0.1, 0.15) is 0 Å².